The highest BCUT2D eigenvalue weighted by molar-refractivity contribution is 5.34. The first-order valence-corrected chi connectivity index (χ1v) is 5.11. The monoisotopic (exact) mass is 201 g/mol. The van der Waals surface area contributed by atoms with Crippen LogP contribution in [0.2, 0.25) is 0 Å². The fraction of sp³-hybridized carbons (Fsp3) is 0.333. The first-order valence-electron chi connectivity index (χ1n) is 5.11. The highest BCUT2D eigenvalue weighted by Crippen LogP contribution is 2.25. The van der Waals surface area contributed by atoms with Crippen molar-refractivity contribution < 1.29 is 0 Å². The van der Waals surface area contributed by atoms with Crippen LogP contribution in [0.1, 0.15) is 35.4 Å². The maximum absolute atomic E-state index is 4.29. The maximum Gasteiger partial charge on any atom is 0.0923 e. The Morgan fingerprint density at radius 3 is 2.73 bits per heavy atom. The molecular formula is C12H15N3. The molecule has 0 aromatic carbocycles. The lowest BCUT2D eigenvalue weighted by atomic mass is 9.94. The first kappa shape index (κ1) is 9.90. The number of aryl methyl sites for hydroxylation is 1. The molecule has 0 saturated carbocycles. The number of H-pyrrole nitrogens is 1. The second-order valence-corrected chi connectivity index (χ2v) is 3.83. The number of hydrogen-bond acceptors (Lipinski definition) is 2. The molecule has 0 aliphatic rings. The third-order valence-electron chi connectivity index (χ3n) is 2.93. The number of pyridine rings is 1. The Hall–Kier alpha value is -1.64. The summed E-state index contributed by atoms with van der Waals surface area (Å²) in [5, 5.41) is 0. The molecule has 0 aliphatic heterocycles. The molecule has 78 valence electrons. The zero-order valence-electron chi connectivity index (χ0n) is 9.28. The smallest absolute Gasteiger partial charge is 0.0923 e. The van der Waals surface area contributed by atoms with Gasteiger partial charge in [0.25, 0.3) is 0 Å². The summed E-state index contributed by atoms with van der Waals surface area (Å²) in [6.07, 6.45) is 5.52. The van der Waals surface area contributed by atoms with E-state index in [2.05, 4.69) is 34.9 Å². The standard InChI is InChI=1S/C12H15N3/c1-8-10(3)14-5-4-11(8)9(2)12-6-13-7-15-12/h4-7,9H,1-3H3,(H,13,15). The van der Waals surface area contributed by atoms with Gasteiger partial charge >= 0.3 is 0 Å². The first-order chi connectivity index (χ1) is 7.20. The lowest BCUT2D eigenvalue weighted by Gasteiger charge is -2.13. The highest BCUT2D eigenvalue weighted by Gasteiger charge is 2.13. The van der Waals surface area contributed by atoms with Gasteiger partial charge in [-0.2, -0.15) is 0 Å². The Morgan fingerprint density at radius 1 is 1.27 bits per heavy atom. The third kappa shape index (κ3) is 1.77. The summed E-state index contributed by atoms with van der Waals surface area (Å²) in [7, 11) is 0. The van der Waals surface area contributed by atoms with Crippen LogP contribution in [-0.4, -0.2) is 15.0 Å². The molecule has 2 aromatic rings. The lowest BCUT2D eigenvalue weighted by Crippen LogP contribution is -2.01. The molecule has 0 aliphatic carbocycles. The summed E-state index contributed by atoms with van der Waals surface area (Å²) >= 11 is 0. The number of nitrogens with zero attached hydrogens (tertiary/aromatic N) is 2. The van der Waals surface area contributed by atoms with Crippen molar-refractivity contribution in [2.75, 3.05) is 0 Å². The van der Waals surface area contributed by atoms with Gasteiger partial charge in [0.1, 0.15) is 0 Å². The number of aromatic amines is 1. The third-order valence-corrected chi connectivity index (χ3v) is 2.93. The molecule has 1 atom stereocenters. The van der Waals surface area contributed by atoms with Gasteiger partial charge in [0.2, 0.25) is 0 Å². The van der Waals surface area contributed by atoms with Crippen LogP contribution in [0, 0.1) is 13.8 Å². The zero-order chi connectivity index (χ0) is 10.8. The predicted octanol–water partition coefficient (Wildman–Crippen LogP) is 2.57. The van der Waals surface area contributed by atoms with Crippen LogP contribution in [0.25, 0.3) is 0 Å². The summed E-state index contributed by atoms with van der Waals surface area (Å²) in [6.45, 7) is 6.31. The normalized spacial score (nSPS) is 12.7. The number of aromatic nitrogens is 3. The largest absolute Gasteiger partial charge is 0.351 e. The summed E-state index contributed by atoms with van der Waals surface area (Å²) in [5.74, 6) is 0.318. The fourth-order valence-corrected chi connectivity index (χ4v) is 1.80. The minimum atomic E-state index is 0.318. The van der Waals surface area contributed by atoms with Crippen molar-refractivity contribution in [3.63, 3.8) is 0 Å². The van der Waals surface area contributed by atoms with Crippen LogP contribution in [0.3, 0.4) is 0 Å². The van der Waals surface area contributed by atoms with E-state index in [-0.39, 0.29) is 0 Å². The minimum absolute atomic E-state index is 0.318. The average molecular weight is 201 g/mol. The fourth-order valence-electron chi connectivity index (χ4n) is 1.80. The van der Waals surface area contributed by atoms with E-state index >= 15 is 0 Å². The maximum atomic E-state index is 4.29. The molecule has 0 amide bonds. The van der Waals surface area contributed by atoms with E-state index in [9.17, 15) is 0 Å². The summed E-state index contributed by atoms with van der Waals surface area (Å²) in [4.78, 5) is 11.5. The lowest BCUT2D eigenvalue weighted by molar-refractivity contribution is 0.863. The van der Waals surface area contributed by atoms with Crippen LogP contribution in [-0.2, 0) is 0 Å². The van der Waals surface area contributed by atoms with Gasteiger partial charge in [-0.25, -0.2) is 4.98 Å². The van der Waals surface area contributed by atoms with Gasteiger partial charge in [-0.3, -0.25) is 4.98 Å². The summed E-state index contributed by atoms with van der Waals surface area (Å²) in [6, 6.07) is 2.07. The molecule has 15 heavy (non-hydrogen) atoms. The van der Waals surface area contributed by atoms with Gasteiger partial charge in [-0.15, -0.1) is 0 Å². The minimum Gasteiger partial charge on any atom is -0.351 e. The van der Waals surface area contributed by atoms with Gasteiger partial charge in [-0.1, -0.05) is 6.92 Å². The van der Waals surface area contributed by atoms with E-state index in [1.54, 1.807) is 6.33 Å². The van der Waals surface area contributed by atoms with Crippen molar-refractivity contribution in [3.05, 3.63) is 47.3 Å². The highest BCUT2D eigenvalue weighted by atomic mass is 14.9. The Morgan fingerprint density at radius 2 is 2.07 bits per heavy atom. The number of imidazole rings is 1. The van der Waals surface area contributed by atoms with Crippen LogP contribution in [0.5, 0.6) is 0 Å². The Kier molecular flexibility index (Phi) is 2.54. The van der Waals surface area contributed by atoms with E-state index in [1.807, 2.05) is 19.3 Å². The van der Waals surface area contributed by atoms with Gasteiger partial charge in [0.15, 0.2) is 0 Å². The van der Waals surface area contributed by atoms with Crippen molar-refractivity contribution in [2.45, 2.75) is 26.7 Å². The molecule has 3 nitrogen and oxygen atoms in total. The Labute approximate surface area is 89.6 Å². The van der Waals surface area contributed by atoms with Crippen LogP contribution >= 0.6 is 0 Å². The second kappa shape index (κ2) is 3.85. The van der Waals surface area contributed by atoms with Crippen LogP contribution in [0.15, 0.2) is 24.8 Å². The Bertz CT molecular complexity index is 446. The number of hydrogen-bond donors (Lipinski definition) is 1. The number of nitrogens with one attached hydrogen (secondary N) is 1. The average Bonchev–Trinajstić information content (AvgIpc) is 2.74. The van der Waals surface area contributed by atoms with Gasteiger partial charge in [-0.05, 0) is 31.0 Å². The van der Waals surface area contributed by atoms with Crippen molar-refractivity contribution in [2.24, 2.45) is 0 Å². The predicted molar refractivity (Wildman–Crippen MR) is 59.8 cm³/mol. The molecule has 0 spiro atoms. The van der Waals surface area contributed by atoms with Crippen LogP contribution < -0.4 is 0 Å². The number of rotatable bonds is 2. The molecule has 0 saturated heterocycles. The molecule has 1 unspecified atom stereocenters. The second-order valence-electron chi connectivity index (χ2n) is 3.83. The van der Waals surface area contributed by atoms with Crippen molar-refractivity contribution in [1.29, 1.82) is 0 Å². The molecule has 0 fully saturated rings. The Balaban J connectivity index is 2.42. The molecule has 0 radical (unpaired) electrons. The van der Waals surface area contributed by atoms with E-state index in [4.69, 9.17) is 0 Å². The molecule has 2 aromatic heterocycles. The molecule has 0 bridgehead atoms. The van der Waals surface area contributed by atoms with E-state index < -0.39 is 0 Å². The summed E-state index contributed by atoms with van der Waals surface area (Å²) < 4.78 is 0. The topological polar surface area (TPSA) is 41.6 Å². The van der Waals surface area contributed by atoms with Crippen molar-refractivity contribution in [3.8, 4) is 0 Å². The van der Waals surface area contributed by atoms with Gasteiger partial charge in [0, 0.05) is 24.0 Å². The molecular weight excluding hydrogens is 186 g/mol. The van der Waals surface area contributed by atoms with E-state index in [0.29, 0.717) is 5.92 Å². The zero-order valence-corrected chi connectivity index (χ0v) is 9.28. The van der Waals surface area contributed by atoms with Gasteiger partial charge < -0.3 is 4.98 Å². The molecule has 3 heteroatoms. The quantitative estimate of drug-likeness (QED) is 0.811. The van der Waals surface area contributed by atoms with E-state index in [1.165, 1.54) is 11.1 Å². The molecule has 2 heterocycles. The van der Waals surface area contributed by atoms with Crippen molar-refractivity contribution in [1.82, 2.24) is 15.0 Å². The molecule has 1 N–H and O–H groups in total. The van der Waals surface area contributed by atoms with E-state index in [0.717, 1.165) is 11.4 Å². The molecule has 2 rings (SSSR count). The SMILES string of the molecule is Cc1nccc(C(C)c2c[nH]cn2)c1C. The summed E-state index contributed by atoms with van der Waals surface area (Å²) in [5.41, 5.74) is 4.72. The van der Waals surface area contributed by atoms with Gasteiger partial charge in [0.05, 0.1) is 12.0 Å². The van der Waals surface area contributed by atoms with Crippen LogP contribution in [0.4, 0.5) is 0 Å². The van der Waals surface area contributed by atoms with Crippen molar-refractivity contribution >= 4 is 0 Å².